The molecule has 90 valence electrons. The molecule has 0 saturated heterocycles. The minimum absolute atomic E-state index is 0.0483. The van der Waals surface area contributed by atoms with Crippen molar-refractivity contribution in [2.45, 2.75) is 50.9 Å². The van der Waals surface area contributed by atoms with Gasteiger partial charge in [0.25, 0.3) is 0 Å². The fraction of sp³-hybridized carbons (Fsp3) is 1.00. The Bertz CT molecular complexity index is 189. The maximum atomic E-state index is 9.11. The summed E-state index contributed by atoms with van der Waals surface area (Å²) >= 11 is 0. The Kier molecular flexibility index (Phi) is 4.99. The summed E-state index contributed by atoms with van der Waals surface area (Å²) in [5.74, 6) is 0. The van der Waals surface area contributed by atoms with Gasteiger partial charge in [0.15, 0.2) is 0 Å². The van der Waals surface area contributed by atoms with E-state index in [0.29, 0.717) is 6.61 Å². The van der Waals surface area contributed by atoms with Crippen LogP contribution in [0.5, 0.6) is 0 Å². The van der Waals surface area contributed by atoms with Crippen LogP contribution in [0.15, 0.2) is 0 Å². The van der Waals surface area contributed by atoms with E-state index in [1.165, 1.54) is 0 Å². The number of nitrogens with two attached hydrogens (primary N) is 1. The molecule has 1 aliphatic rings. The first-order chi connectivity index (χ1) is 7.09. The topological polar surface area (TPSA) is 64.7 Å². The van der Waals surface area contributed by atoms with Crippen molar-refractivity contribution in [3.05, 3.63) is 0 Å². The van der Waals surface area contributed by atoms with Crippen molar-refractivity contribution in [1.29, 1.82) is 0 Å². The number of aliphatic hydroxyl groups excluding tert-OH is 1. The molecule has 0 heterocycles. The van der Waals surface area contributed by atoms with Gasteiger partial charge in [0.05, 0.1) is 25.4 Å². The molecule has 0 aromatic heterocycles. The van der Waals surface area contributed by atoms with Crippen LogP contribution in [-0.2, 0) is 9.47 Å². The van der Waals surface area contributed by atoms with Crippen molar-refractivity contribution in [2.75, 3.05) is 19.8 Å². The lowest BCUT2D eigenvalue weighted by atomic mass is 10.0. The van der Waals surface area contributed by atoms with Crippen molar-refractivity contribution in [2.24, 2.45) is 5.73 Å². The summed E-state index contributed by atoms with van der Waals surface area (Å²) in [7, 11) is 0. The summed E-state index contributed by atoms with van der Waals surface area (Å²) in [5.41, 5.74) is 5.54. The van der Waals surface area contributed by atoms with Crippen LogP contribution in [0.4, 0.5) is 0 Å². The van der Waals surface area contributed by atoms with Gasteiger partial charge < -0.3 is 20.3 Å². The number of rotatable bonds is 6. The highest BCUT2D eigenvalue weighted by Crippen LogP contribution is 2.30. The fourth-order valence-electron chi connectivity index (χ4n) is 2.02. The van der Waals surface area contributed by atoms with Gasteiger partial charge in [-0.15, -0.1) is 0 Å². The first-order valence-corrected chi connectivity index (χ1v) is 5.72. The van der Waals surface area contributed by atoms with Crippen LogP contribution in [0.3, 0.4) is 0 Å². The van der Waals surface area contributed by atoms with E-state index in [1.807, 2.05) is 13.8 Å². The molecule has 3 atom stereocenters. The Morgan fingerprint density at radius 1 is 1.60 bits per heavy atom. The summed E-state index contributed by atoms with van der Waals surface area (Å²) in [5, 5.41) is 9.11. The van der Waals surface area contributed by atoms with E-state index in [2.05, 4.69) is 0 Å². The molecule has 0 bridgehead atoms. The molecule has 1 fully saturated rings. The molecular formula is C11H23NO3. The van der Waals surface area contributed by atoms with E-state index in [9.17, 15) is 0 Å². The van der Waals surface area contributed by atoms with Gasteiger partial charge in [0.1, 0.15) is 0 Å². The highest BCUT2D eigenvalue weighted by atomic mass is 16.5. The van der Waals surface area contributed by atoms with E-state index in [4.69, 9.17) is 20.3 Å². The average Bonchev–Trinajstić information content (AvgIpc) is 2.58. The second-order valence-corrected chi connectivity index (χ2v) is 4.49. The molecule has 0 spiro atoms. The maximum absolute atomic E-state index is 9.11. The van der Waals surface area contributed by atoms with Crippen molar-refractivity contribution < 1.29 is 14.6 Å². The molecule has 0 aromatic rings. The highest BCUT2D eigenvalue weighted by Gasteiger charge is 2.36. The zero-order chi connectivity index (χ0) is 11.3. The van der Waals surface area contributed by atoms with Gasteiger partial charge in [0, 0.05) is 12.1 Å². The van der Waals surface area contributed by atoms with Crippen LogP contribution < -0.4 is 5.73 Å². The number of ether oxygens (including phenoxy) is 2. The third-order valence-corrected chi connectivity index (χ3v) is 2.89. The zero-order valence-corrected chi connectivity index (χ0v) is 9.74. The molecule has 3 N–H and O–H groups in total. The Morgan fingerprint density at radius 3 is 2.87 bits per heavy atom. The molecule has 3 unspecified atom stereocenters. The van der Waals surface area contributed by atoms with Crippen molar-refractivity contribution >= 4 is 0 Å². The van der Waals surface area contributed by atoms with Gasteiger partial charge >= 0.3 is 0 Å². The lowest BCUT2D eigenvalue weighted by Crippen LogP contribution is -2.41. The summed E-state index contributed by atoms with van der Waals surface area (Å²) < 4.78 is 11.1. The summed E-state index contributed by atoms with van der Waals surface area (Å²) in [6.45, 7) is 5.37. The SMILES string of the molecule is CCOCC(C)OC1CCC(N)(CO)C1. The van der Waals surface area contributed by atoms with E-state index in [0.717, 1.165) is 25.9 Å². The monoisotopic (exact) mass is 217 g/mol. The molecule has 1 aliphatic carbocycles. The lowest BCUT2D eigenvalue weighted by Gasteiger charge is -2.22. The smallest absolute Gasteiger partial charge is 0.0784 e. The average molecular weight is 217 g/mol. The zero-order valence-electron chi connectivity index (χ0n) is 9.74. The van der Waals surface area contributed by atoms with Gasteiger partial charge in [-0.05, 0) is 33.1 Å². The largest absolute Gasteiger partial charge is 0.394 e. The Balaban J connectivity index is 2.23. The molecule has 4 heteroatoms. The number of hydrogen-bond donors (Lipinski definition) is 2. The summed E-state index contributed by atoms with van der Waals surface area (Å²) in [4.78, 5) is 0. The van der Waals surface area contributed by atoms with E-state index in [-0.39, 0.29) is 18.8 Å². The Morgan fingerprint density at radius 2 is 2.33 bits per heavy atom. The van der Waals surface area contributed by atoms with Gasteiger partial charge in [-0.1, -0.05) is 0 Å². The maximum Gasteiger partial charge on any atom is 0.0784 e. The van der Waals surface area contributed by atoms with Crippen LogP contribution in [-0.4, -0.2) is 42.7 Å². The normalized spacial score (nSPS) is 33.2. The predicted octanol–water partition coefficient (Wildman–Crippen LogP) is 0.670. The van der Waals surface area contributed by atoms with Crippen molar-refractivity contribution in [3.63, 3.8) is 0 Å². The van der Waals surface area contributed by atoms with Crippen molar-refractivity contribution in [3.8, 4) is 0 Å². The fourth-order valence-corrected chi connectivity index (χ4v) is 2.02. The summed E-state index contributed by atoms with van der Waals surface area (Å²) in [6.07, 6.45) is 2.82. The predicted molar refractivity (Wildman–Crippen MR) is 58.7 cm³/mol. The second kappa shape index (κ2) is 5.80. The molecule has 1 rings (SSSR count). The first kappa shape index (κ1) is 12.9. The quantitative estimate of drug-likeness (QED) is 0.686. The Hall–Kier alpha value is -0.160. The molecule has 15 heavy (non-hydrogen) atoms. The minimum Gasteiger partial charge on any atom is -0.394 e. The Labute approximate surface area is 91.7 Å². The van der Waals surface area contributed by atoms with Gasteiger partial charge in [-0.3, -0.25) is 0 Å². The van der Waals surface area contributed by atoms with Gasteiger partial charge in [-0.2, -0.15) is 0 Å². The van der Waals surface area contributed by atoms with Gasteiger partial charge in [0.2, 0.25) is 0 Å². The van der Waals surface area contributed by atoms with Crippen LogP contribution in [0, 0.1) is 0 Å². The van der Waals surface area contributed by atoms with E-state index >= 15 is 0 Å². The molecular weight excluding hydrogens is 194 g/mol. The van der Waals surface area contributed by atoms with Crippen LogP contribution in [0.2, 0.25) is 0 Å². The van der Waals surface area contributed by atoms with Gasteiger partial charge in [-0.25, -0.2) is 0 Å². The third-order valence-electron chi connectivity index (χ3n) is 2.89. The number of aliphatic hydroxyl groups is 1. The third kappa shape index (κ3) is 4.07. The minimum atomic E-state index is -0.421. The van der Waals surface area contributed by atoms with Crippen LogP contribution >= 0.6 is 0 Å². The molecule has 4 nitrogen and oxygen atoms in total. The lowest BCUT2D eigenvalue weighted by molar-refractivity contribution is -0.0459. The van der Waals surface area contributed by atoms with Crippen molar-refractivity contribution in [1.82, 2.24) is 0 Å². The molecule has 0 aromatic carbocycles. The highest BCUT2D eigenvalue weighted by molar-refractivity contribution is 4.93. The molecule has 0 radical (unpaired) electrons. The number of hydrogen-bond acceptors (Lipinski definition) is 4. The van der Waals surface area contributed by atoms with Crippen LogP contribution in [0.1, 0.15) is 33.1 Å². The standard InChI is InChI=1S/C11H23NO3/c1-3-14-7-9(2)15-10-4-5-11(12,6-10)8-13/h9-10,13H,3-8,12H2,1-2H3. The molecule has 0 aliphatic heterocycles. The molecule has 0 amide bonds. The summed E-state index contributed by atoms with van der Waals surface area (Å²) in [6, 6.07) is 0. The molecule has 1 saturated carbocycles. The first-order valence-electron chi connectivity index (χ1n) is 5.72. The van der Waals surface area contributed by atoms with E-state index < -0.39 is 5.54 Å². The second-order valence-electron chi connectivity index (χ2n) is 4.49. The van der Waals surface area contributed by atoms with Crippen LogP contribution in [0.25, 0.3) is 0 Å². The van der Waals surface area contributed by atoms with E-state index in [1.54, 1.807) is 0 Å².